The van der Waals surface area contributed by atoms with Gasteiger partial charge in [-0.1, -0.05) is 97.1 Å². The van der Waals surface area contributed by atoms with Gasteiger partial charge in [0.1, 0.15) is 25.0 Å². The number of amides is 1. The zero-order valence-corrected chi connectivity index (χ0v) is 20.2. The number of ether oxygens (including phenoxy) is 2. The SMILES string of the molecule is O=C(NC(Cc1ccccc1OCc1ccccc1)C(=O)O)OCC1c2ccccc2-c2ccccc21. The number of alkyl carbamates (subject to hydrolysis) is 1. The number of fused-ring (bicyclic) bond motifs is 3. The number of carbonyl (C=O) groups is 2. The Morgan fingerprint density at radius 2 is 1.38 bits per heavy atom. The highest BCUT2D eigenvalue weighted by atomic mass is 16.5. The summed E-state index contributed by atoms with van der Waals surface area (Å²) in [5, 5.41) is 12.3. The second kappa shape index (κ2) is 11.0. The van der Waals surface area contributed by atoms with Crippen LogP contribution in [0, 0.1) is 0 Å². The Labute approximate surface area is 215 Å². The predicted molar refractivity (Wildman–Crippen MR) is 141 cm³/mol. The van der Waals surface area contributed by atoms with E-state index in [4.69, 9.17) is 9.47 Å². The lowest BCUT2D eigenvalue weighted by Gasteiger charge is -2.19. The van der Waals surface area contributed by atoms with Crippen LogP contribution >= 0.6 is 0 Å². The average Bonchev–Trinajstić information content (AvgIpc) is 3.25. The first-order chi connectivity index (χ1) is 18.1. The Morgan fingerprint density at radius 1 is 0.784 bits per heavy atom. The van der Waals surface area contributed by atoms with Crippen molar-refractivity contribution in [2.24, 2.45) is 0 Å². The third kappa shape index (κ3) is 5.48. The molecule has 1 amide bonds. The largest absolute Gasteiger partial charge is 0.489 e. The van der Waals surface area contributed by atoms with Crippen molar-refractivity contribution in [1.82, 2.24) is 5.32 Å². The Balaban J connectivity index is 1.23. The smallest absolute Gasteiger partial charge is 0.407 e. The van der Waals surface area contributed by atoms with Gasteiger partial charge in [0.15, 0.2) is 0 Å². The summed E-state index contributed by atoms with van der Waals surface area (Å²) in [6.07, 6.45) is -0.707. The third-order valence-corrected chi connectivity index (χ3v) is 6.57. The molecule has 1 atom stereocenters. The van der Waals surface area contributed by atoms with Crippen molar-refractivity contribution in [2.45, 2.75) is 25.0 Å². The molecule has 0 fully saturated rings. The fraction of sp³-hybridized carbons (Fsp3) is 0.161. The number of hydrogen-bond acceptors (Lipinski definition) is 4. The fourth-order valence-corrected chi connectivity index (χ4v) is 4.75. The van der Waals surface area contributed by atoms with Gasteiger partial charge >= 0.3 is 12.1 Å². The highest BCUT2D eigenvalue weighted by Gasteiger charge is 2.30. The zero-order valence-electron chi connectivity index (χ0n) is 20.2. The van der Waals surface area contributed by atoms with E-state index in [1.807, 2.05) is 78.9 Å². The van der Waals surface area contributed by atoms with Gasteiger partial charge < -0.3 is 19.9 Å². The van der Waals surface area contributed by atoms with Crippen LogP contribution in [-0.4, -0.2) is 29.8 Å². The van der Waals surface area contributed by atoms with Crippen molar-refractivity contribution in [3.63, 3.8) is 0 Å². The van der Waals surface area contributed by atoms with E-state index in [-0.39, 0.29) is 18.9 Å². The van der Waals surface area contributed by atoms with E-state index in [2.05, 4.69) is 17.4 Å². The number of nitrogens with one attached hydrogen (secondary N) is 1. The summed E-state index contributed by atoms with van der Waals surface area (Å²) in [6, 6.07) is 31.9. The minimum absolute atomic E-state index is 0.0600. The molecule has 0 spiro atoms. The molecule has 0 bridgehead atoms. The van der Waals surface area contributed by atoms with Crippen molar-refractivity contribution >= 4 is 12.1 Å². The summed E-state index contributed by atoms with van der Waals surface area (Å²) in [7, 11) is 0. The Kier molecular flexibility index (Phi) is 7.17. The first-order valence-electron chi connectivity index (χ1n) is 12.2. The summed E-state index contributed by atoms with van der Waals surface area (Å²) in [6.45, 7) is 0.471. The molecule has 0 aliphatic heterocycles. The first-order valence-corrected chi connectivity index (χ1v) is 12.2. The molecular formula is C31H27NO5. The van der Waals surface area contributed by atoms with Crippen LogP contribution in [0.5, 0.6) is 5.75 Å². The highest BCUT2D eigenvalue weighted by molar-refractivity contribution is 5.81. The van der Waals surface area contributed by atoms with E-state index < -0.39 is 18.1 Å². The number of hydrogen-bond donors (Lipinski definition) is 2. The van der Waals surface area contributed by atoms with Gasteiger partial charge in [-0.3, -0.25) is 0 Å². The summed E-state index contributed by atoms with van der Waals surface area (Å²) in [4.78, 5) is 24.7. The zero-order chi connectivity index (χ0) is 25.6. The number of rotatable bonds is 9. The minimum atomic E-state index is -1.17. The Bertz CT molecular complexity index is 1360. The molecule has 0 radical (unpaired) electrons. The van der Waals surface area contributed by atoms with Gasteiger partial charge in [-0.15, -0.1) is 0 Å². The molecule has 1 unspecified atom stereocenters. The summed E-state index contributed by atoms with van der Waals surface area (Å²) in [5.74, 6) is -0.674. The maximum Gasteiger partial charge on any atom is 0.407 e. The van der Waals surface area contributed by atoms with Crippen molar-refractivity contribution < 1.29 is 24.2 Å². The van der Waals surface area contributed by atoms with Crippen LogP contribution < -0.4 is 10.1 Å². The molecule has 0 aromatic heterocycles. The molecule has 186 valence electrons. The van der Waals surface area contributed by atoms with Gasteiger partial charge in [0.05, 0.1) is 0 Å². The monoisotopic (exact) mass is 493 g/mol. The van der Waals surface area contributed by atoms with Crippen molar-refractivity contribution in [3.8, 4) is 16.9 Å². The minimum Gasteiger partial charge on any atom is -0.489 e. The number of carbonyl (C=O) groups excluding carboxylic acids is 1. The van der Waals surface area contributed by atoms with Gasteiger partial charge in [-0.05, 0) is 39.4 Å². The molecule has 1 aliphatic carbocycles. The normalized spacial score (nSPS) is 12.8. The number of carboxylic acids is 1. The molecule has 0 heterocycles. The van der Waals surface area contributed by atoms with Crippen LogP contribution in [0.4, 0.5) is 4.79 Å². The molecule has 6 nitrogen and oxygen atoms in total. The standard InChI is InChI=1S/C31H27NO5/c33-30(34)28(18-22-12-4-9-17-29(22)36-19-21-10-2-1-3-11-21)32-31(35)37-20-27-25-15-7-5-13-23(25)24-14-6-8-16-26(24)27/h1-17,27-28H,18-20H2,(H,32,35)(H,33,34). The highest BCUT2D eigenvalue weighted by Crippen LogP contribution is 2.44. The van der Waals surface area contributed by atoms with Crippen LogP contribution in [-0.2, 0) is 22.6 Å². The van der Waals surface area contributed by atoms with Gasteiger partial charge in [0.2, 0.25) is 0 Å². The van der Waals surface area contributed by atoms with Crippen LogP contribution in [0.1, 0.15) is 28.2 Å². The molecule has 1 aliphatic rings. The molecule has 2 N–H and O–H groups in total. The van der Waals surface area contributed by atoms with E-state index in [1.165, 1.54) is 0 Å². The van der Waals surface area contributed by atoms with Crippen LogP contribution in [0.25, 0.3) is 11.1 Å². The second-order valence-corrected chi connectivity index (χ2v) is 8.95. The first kappa shape index (κ1) is 24.1. The van der Waals surface area contributed by atoms with E-state index in [9.17, 15) is 14.7 Å². The molecule has 0 saturated heterocycles. The average molecular weight is 494 g/mol. The van der Waals surface area contributed by atoms with Crippen molar-refractivity contribution in [1.29, 1.82) is 0 Å². The molecule has 5 rings (SSSR count). The second-order valence-electron chi connectivity index (χ2n) is 8.95. The predicted octanol–water partition coefficient (Wildman–Crippen LogP) is 5.80. The number of para-hydroxylation sites is 1. The van der Waals surface area contributed by atoms with Crippen LogP contribution in [0.15, 0.2) is 103 Å². The topological polar surface area (TPSA) is 84.9 Å². The molecule has 6 heteroatoms. The summed E-state index contributed by atoms with van der Waals surface area (Å²) < 4.78 is 11.5. The third-order valence-electron chi connectivity index (χ3n) is 6.57. The molecule has 37 heavy (non-hydrogen) atoms. The molecular weight excluding hydrogens is 466 g/mol. The number of aliphatic carboxylic acids is 1. The Morgan fingerprint density at radius 3 is 2.05 bits per heavy atom. The maximum absolute atomic E-state index is 12.7. The van der Waals surface area contributed by atoms with Crippen molar-refractivity contribution in [3.05, 3.63) is 125 Å². The maximum atomic E-state index is 12.7. The van der Waals surface area contributed by atoms with Crippen molar-refractivity contribution in [2.75, 3.05) is 6.61 Å². The molecule has 4 aromatic carbocycles. The molecule has 4 aromatic rings. The van der Waals surface area contributed by atoms with E-state index >= 15 is 0 Å². The van der Waals surface area contributed by atoms with Gasteiger partial charge in [-0.25, -0.2) is 9.59 Å². The number of carboxylic acid groups (broad SMARTS) is 1. The fourth-order valence-electron chi connectivity index (χ4n) is 4.75. The van der Waals surface area contributed by atoms with Gasteiger partial charge in [0.25, 0.3) is 0 Å². The lowest BCUT2D eigenvalue weighted by molar-refractivity contribution is -0.139. The van der Waals surface area contributed by atoms with E-state index in [1.54, 1.807) is 12.1 Å². The lowest BCUT2D eigenvalue weighted by atomic mass is 9.98. The lowest BCUT2D eigenvalue weighted by Crippen LogP contribution is -2.43. The van der Waals surface area contributed by atoms with E-state index in [0.29, 0.717) is 17.9 Å². The van der Waals surface area contributed by atoms with Crippen LogP contribution in [0.2, 0.25) is 0 Å². The van der Waals surface area contributed by atoms with Gasteiger partial charge in [-0.2, -0.15) is 0 Å². The molecule has 0 saturated carbocycles. The summed E-state index contributed by atoms with van der Waals surface area (Å²) in [5.41, 5.74) is 6.13. The summed E-state index contributed by atoms with van der Waals surface area (Å²) >= 11 is 0. The van der Waals surface area contributed by atoms with Gasteiger partial charge in [0, 0.05) is 12.3 Å². The van der Waals surface area contributed by atoms with E-state index in [0.717, 1.165) is 27.8 Å². The number of benzene rings is 4. The quantitative estimate of drug-likeness (QED) is 0.308. The Hall–Kier alpha value is -4.58. The van der Waals surface area contributed by atoms with Crippen LogP contribution in [0.3, 0.4) is 0 Å².